The average molecular weight is 757 g/mol. The van der Waals surface area contributed by atoms with E-state index in [9.17, 15) is 0 Å². The lowest BCUT2D eigenvalue weighted by Gasteiger charge is -2.21. The van der Waals surface area contributed by atoms with Crippen LogP contribution in [-0.2, 0) is 6.42 Å². The fourth-order valence-electron chi connectivity index (χ4n) is 6.20. The van der Waals surface area contributed by atoms with Gasteiger partial charge in [-0.15, -0.1) is 10.2 Å². The van der Waals surface area contributed by atoms with Crippen molar-refractivity contribution in [1.29, 1.82) is 0 Å². The van der Waals surface area contributed by atoms with E-state index in [-0.39, 0.29) is 0 Å². The fraction of sp³-hybridized carbons (Fsp3) is 0.356. The second-order valence-corrected chi connectivity index (χ2v) is 13.1. The van der Waals surface area contributed by atoms with Crippen molar-refractivity contribution in [1.82, 2.24) is 0 Å². The predicted octanol–water partition coefficient (Wildman–Crippen LogP) is 5.21. The lowest BCUT2D eigenvalue weighted by Crippen LogP contribution is -2.68. The largest absolute Gasteiger partial charge is 0.372 e. The van der Waals surface area contributed by atoms with Crippen molar-refractivity contribution >= 4 is 28.2 Å². The van der Waals surface area contributed by atoms with Crippen molar-refractivity contribution in [3.8, 4) is 0 Å². The standard InChI is InChI=1S/C43H54N3.C2H7N.ClHO4/c1-8-34-18-20-35(21-19-34)42(36-22-28-39(29-23-36)44(9-2)10-3)16-15-17-43(37-24-30-40(31-25-37)45(11-4)12-5)38-26-32-41(33-27-38)46(13-6)14-7;1-2-3;2-1(3,4)5/h15-33H,8-14H2,1-7H3;2-3H2,1H3;(H,2,3,4,5)/q+1;;/p-1. The molecular formula is C45H61ClN4O4. The lowest BCUT2D eigenvalue weighted by atomic mass is 9.94. The van der Waals surface area contributed by atoms with Gasteiger partial charge in [0.2, 0.25) is 0 Å². The maximum absolute atomic E-state index is 8.49. The van der Waals surface area contributed by atoms with Crippen molar-refractivity contribution in [2.75, 3.05) is 55.6 Å². The molecule has 0 amide bonds. The van der Waals surface area contributed by atoms with Crippen molar-refractivity contribution in [2.24, 2.45) is 5.73 Å². The third-order valence-corrected chi connectivity index (χ3v) is 9.12. The van der Waals surface area contributed by atoms with Gasteiger partial charge in [0.05, 0.1) is 0 Å². The van der Waals surface area contributed by atoms with Gasteiger partial charge < -0.3 is 15.5 Å². The van der Waals surface area contributed by atoms with Crippen LogP contribution >= 0.6 is 0 Å². The molecule has 54 heavy (non-hydrogen) atoms. The molecule has 0 saturated heterocycles. The second kappa shape index (κ2) is 24.2. The predicted molar refractivity (Wildman–Crippen MR) is 218 cm³/mol. The molecule has 1 aliphatic carbocycles. The Labute approximate surface area is 327 Å². The van der Waals surface area contributed by atoms with Gasteiger partial charge in [0, 0.05) is 49.7 Å². The number of hydrogen-bond donors (Lipinski definition) is 1. The fourth-order valence-corrected chi connectivity index (χ4v) is 6.20. The van der Waals surface area contributed by atoms with Gasteiger partial charge in [-0.05, 0) is 130 Å². The van der Waals surface area contributed by atoms with Crippen LogP contribution in [0.25, 0.3) is 11.1 Å². The van der Waals surface area contributed by atoms with Gasteiger partial charge in [0.25, 0.3) is 0 Å². The summed E-state index contributed by atoms with van der Waals surface area (Å²) in [4.78, 5) is 4.78. The number of anilines is 2. The third kappa shape index (κ3) is 14.9. The zero-order chi connectivity index (χ0) is 40.1. The molecule has 292 valence electrons. The Bertz CT molecular complexity index is 1700. The summed E-state index contributed by atoms with van der Waals surface area (Å²) < 4.78 is 36.4. The highest BCUT2D eigenvalue weighted by molar-refractivity contribution is 6.03. The minimum absolute atomic E-state index is 0.750. The SMILES string of the molecule is CCN.CCc1ccc(C(=CC=CC(=C2C=CC(=[N+](CC)CC)C=C2)c2ccc(N(CC)CC)cc2)c2ccc(N(CC)CC)cc2)cc1.[O-][Cl+3]([O-])([O-])[O-]. The Morgan fingerprint density at radius 1 is 0.611 bits per heavy atom. The third-order valence-electron chi connectivity index (χ3n) is 9.12. The first kappa shape index (κ1) is 45.9. The topological polar surface area (TPSA) is 128 Å². The highest BCUT2D eigenvalue weighted by Crippen LogP contribution is 2.29. The van der Waals surface area contributed by atoms with Crippen LogP contribution in [0, 0.1) is 10.2 Å². The molecule has 9 heteroatoms. The molecule has 2 N–H and O–H groups in total. The number of rotatable bonds is 14. The van der Waals surface area contributed by atoms with Crippen LogP contribution in [0.15, 0.2) is 121 Å². The highest BCUT2D eigenvalue weighted by atomic mass is 35.7. The van der Waals surface area contributed by atoms with Crippen molar-refractivity contribution in [3.63, 3.8) is 0 Å². The van der Waals surface area contributed by atoms with Gasteiger partial charge in [-0.25, -0.2) is 23.2 Å². The number of halogens is 1. The molecule has 0 bridgehead atoms. The molecule has 0 heterocycles. The molecular weight excluding hydrogens is 696 g/mol. The summed E-state index contributed by atoms with van der Waals surface area (Å²) in [5.74, 6) is 0. The van der Waals surface area contributed by atoms with E-state index in [0.29, 0.717) is 0 Å². The van der Waals surface area contributed by atoms with Gasteiger partial charge in [0.15, 0.2) is 5.71 Å². The van der Waals surface area contributed by atoms with Crippen LogP contribution in [0.1, 0.15) is 77.6 Å². The summed E-state index contributed by atoms with van der Waals surface area (Å²) >= 11 is 0. The lowest BCUT2D eigenvalue weighted by molar-refractivity contribution is -2.00. The molecule has 0 fully saturated rings. The Balaban J connectivity index is 0.00000115. The number of nitrogens with zero attached hydrogens (tertiary/aromatic N) is 3. The molecule has 3 aromatic rings. The van der Waals surface area contributed by atoms with Crippen LogP contribution < -0.4 is 34.2 Å². The van der Waals surface area contributed by atoms with E-state index >= 15 is 0 Å². The van der Waals surface area contributed by atoms with E-state index in [1.807, 2.05) is 6.92 Å². The van der Waals surface area contributed by atoms with E-state index in [2.05, 4.69) is 178 Å². The first-order valence-electron chi connectivity index (χ1n) is 19.1. The maximum atomic E-state index is 8.49. The molecule has 3 aromatic carbocycles. The van der Waals surface area contributed by atoms with Gasteiger partial charge in [-0.3, -0.25) is 0 Å². The van der Waals surface area contributed by atoms with Crippen LogP contribution in [-0.4, -0.2) is 56.1 Å². The van der Waals surface area contributed by atoms with E-state index in [4.69, 9.17) is 24.4 Å². The highest BCUT2D eigenvalue weighted by Gasteiger charge is 2.13. The average Bonchev–Trinajstić information content (AvgIpc) is 3.17. The Kier molecular flexibility index (Phi) is 20.6. The smallest absolute Gasteiger partial charge is 0.199 e. The van der Waals surface area contributed by atoms with Crippen LogP contribution in [0.5, 0.6) is 0 Å². The van der Waals surface area contributed by atoms with Crippen LogP contribution in [0.4, 0.5) is 11.4 Å². The number of nitrogens with two attached hydrogens (primary N) is 1. The molecule has 0 saturated carbocycles. The Morgan fingerprint density at radius 2 is 1.00 bits per heavy atom. The first-order chi connectivity index (χ1) is 25.9. The number of allylic oxidation sites excluding steroid dienone is 9. The van der Waals surface area contributed by atoms with Crippen molar-refractivity contribution in [2.45, 2.75) is 61.8 Å². The summed E-state index contributed by atoms with van der Waals surface area (Å²) in [6.45, 7) is 24.2. The summed E-state index contributed by atoms with van der Waals surface area (Å²) in [5.41, 5.74) is 17.3. The maximum Gasteiger partial charge on any atom is 0.199 e. The molecule has 1 aliphatic rings. The molecule has 0 radical (unpaired) electrons. The van der Waals surface area contributed by atoms with Crippen molar-refractivity contribution < 1.29 is 33.5 Å². The summed E-state index contributed by atoms with van der Waals surface area (Å²) in [7, 11) is -4.94. The molecule has 4 rings (SSSR count). The number of hydrogen-bond acceptors (Lipinski definition) is 7. The molecule has 0 atom stereocenters. The number of benzene rings is 3. The van der Waals surface area contributed by atoms with Gasteiger partial charge in [-0.2, -0.15) is 0 Å². The summed E-state index contributed by atoms with van der Waals surface area (Å²) in [6, 6.07) is 27.1. The van der Waals surface area contributed by atoms with Gasteiger partial charge >= 0.3 is 0 Å². The van der Waals surface area contributed by atoms with Crippen molar-refractivity contribution in [3.05, 3.63) is 143 Å². The first-order valence-corrected chi connectivity index (χ1v) is 20.4. The minimum atomic E-state index is -4.94. The number of aryl methyl sites for hydroxylation is 1. The molecule has 0 spiro atoms. The molecule has 0 aliphatic heterocycles. The zero-order valence-electron chi connectivity index (χ0n) is 33.6. The normalized spacial score (nSPS) is 12.6. The molecule has 8 nitrogen and oxygen atoms in total. The van der Waals surface area contributed by atoms with Gasteiger partial charge in [-0.1, -0.05) is 80.6 Å². The second-order valence-electron chi connectivity index (χ2n) is 12.3. The minimum Gasteiger partial charge on any atom is -0.372 e. The zero-order valence-corrected chi connectivity index (χ0v) is 34.3. The quantitative estimate of drug-likeness (QED) is 0.177. The van der Waals surface area contributed by atoms with E-state index in [1.54, 1.807) is 0 Å². The Morgan fingerprint density at radius 3 is 1.37 bits per heavy atom. The summed E-state index contributed by atoms with van der Waals surface area (Å²) in [6.07, 6.45) is 16.9. The van der Waals surface area contributed by atoms with Crippen LogP contribution in [0.3, 0.4) is 0 Å². The monoisotopic (exact) mass is 756 g/mol. The van der Waals surface area contributed by atoms with E-state index < -0.39 is 10.2 Å². The van der Waals surface area contributed by atoms with E-state index in [1.165, 1.54) is 56.1 Å². The summed E-state index contributed by atoms with van der Waals surface area (Å²) in [5, 5.41) is 0. The molecule has 0 aromatic heterocycles. The molecule has 0 unspecified atom stereocenters. The van der Waals surface area contributed by atoms with E-state index in [0.717, 1.165) is 52.2 Å². The van der Waals surface area contributed by atoms with Gasteiger partial charge in [0.1, 0.15) is 13.1 Å². The Hall–Kier alpha value is -4.28. The van der Waals surface area contributed by atoms with Crippen LogP contribution in [0.2, 0.25) is 0 Å².